The van der Waals surface area contributed by atoms with Gasteiger partial charge in [0.2, 0.25) is 21.8 Å². The molecule has 1 unspecified atom stereocenters. The summed E-state index contributed by atoms with van der Waals surface area (Å²) in [5.74, 6) is -1.50. The van der Waals surface area contributed by atoms with Crippen LogP contribution in [0.2, 0.25) is 0 Å². The molecule has 2 aromatic rings. The fourth-order valence-corrected chi connectivity index (χ4v) is 4.29. The molecule has 0 spiro atoms. The Morgan fingerprint density at radius 2 is 1.61 bits per heavy atom. The summed E-state index contributed by atoms with van der Waals surface area (Å²) in [7, 11) is -4.00. The van der Waals surface area contributed by atoms with Crippen LogP contribution >= 0.6 is 0 Å². The summed E-state index contributed by atoms with van der Waals surface area (Å²) in [6.45, 7) is 2.04. The molecule has 178 valence electrons. The largest absolute Gasteiger partial charge is 0.370 e. The number of benzene rings is 2. The maximum atomic E-state index is 13.0. The van der Waals surface area contributed by atoms with E-state index in [9.17, 15) is 18.0 Å². The van der Waals surface area contributed by atoms with Gasteiger partial charge in [-0.05, 0) is 37.5 Å². The Bertz CT molecular complexity index is 1070. The summed E-state index contributed by atoms with van der Waals surface area (Å²) < 4.78 is 28.1. The molecule has 0 saturated heterocycles. The highest BCUT2D eigenvalue weighted by molar-refractivity contribution is 7.89. The van der Waals surface area contributed by atoms with Crippen LogP contribution in [0.4, 0.5) is 0 Å². The van der Waals surface area contributed by atoms with Crippen molar-refractivity contribution in [2.75, 3.05) is 6.54 Å². The standard InChI is InChI=1S/C22H30N6O4S/c1-15-9-11-17(12-10-15)33(31,32)28-18(8-5-13-26-22(24)25)21(30)27-19(20(23)29)14-16-6-3-2-4-7-16/h2-4,6-7,9-12,18-19,28H,5,8,13-14H2,1H3,(H2,23,29)(H,27,30)(H4,24,25,26)/t18?,19-/m0/s1. The molecule has 0 fully saturated rings. The van der Waals surface area contributed by atoms with Crippen molar-refractivity contribution >= 4 is 27.8 Å². The molecule has 0 bridgehead atoms. The molecule has 11 heteroatoms. The Balaban J connectivity index is 2.19. The number of sulfonamides is 1. The molecule has 2 rings (SSSR count). The lowest BCUT2D eigenvalue weighted by atomic mass is 10.0. The molecule has 0 aliphatic rings. The van der Waals surface area contributed by atoms with Crippen molar-refractivity contribution < 1.29 is 18.0 Å². The van der Waals surface area contributed by atoms with E-state index in [1.54, 1.807) is 36.4 Å². The normalized spacial score (nSPS) is 13.0. The molecule has 33 heavy (non-hydrogen) atoms. The minimum Gasteiger partial charge on any atom is -0.370 e. The number of carbonyl (C=O) groups excluding carboxylic acids is 2. The van der Waals surface area contributed by atoms with Gasteiger partial charge in [-0.25, -0.2) is 8.42 Å². The zero-order valence-corrected chi connectivity index (χ0v) is 19.2. The van der Waals surface area contributed by atoms with Crippen LogP contribution < -0.4 is 27.2 Å². The van der Waals surface area contributed by atoms with Gasteiger partial charge in [0, 0.05) is 13.0 Å². The van der Waals surface area contributed by atoms with Crippen LogP contribution in [0.3, 0.4) is 0 Å². The van der Waals surface area contributed by atoms with Crippen molar-refractivity contribution in [1.82, 2.24) is 10.0 Å². The van der Waals surface area contributed by atoms with Crippen LogP contribution in [0.25, 0.3) is 0 Å². The first-order valence-corrected chi connectivity index (χ1v) is 11.8. The summed E-state index contributed by atoms with van der Waals surface area (Å²) in [5, 5.41) is 2.57. The first kappa shape index (κ1) is 25.8. The van der Waals surface area contributed by atoms with Crippen molar-refractivity contribution in [2.24, 2.45) is 22.2 Å². The van der Waals surface area contributed by atoms with Crippen LogP contribution in [0.5, 0.6) is 0 Å². The fourth-order valence-electron chi connectivity index (χ4n) is 3.06. The second kappa shape index (κ2) is 12.0. The van der Waals surface area contributed by atoms with Crippen molar-refractivity contribution in [3.05, 3.63) is 65.7 Å². The molecule has 0 aliphatic carbocycles. The topological polar surface area (TPSA) is 183 Å². The van der Waals surface area contributed by atoms with Crippen LogP contribution in [-0.2, 0) is 26.0 Å². The highest BCUT2D eigenvalue weighted by Gasteiger charge is 2.28. The van der Waals surface area contributed by atoms with Gasteiger partial charge >= 0.3 is 0 Å². The maximum Gasteiger partial charge on any atom is 0.241 e. The quantitative estimate of drug-likeness (QED) is 0.163. The Morgan fingerprint density at radius 3 is 2.18 bits per heavy atom. The summed E-state index contributed by atoms with van der Waals surface area (Å²) in [4.78, 5) is 28.8. The molecule has 2 amide bonds. The van der Waals surface area contributed by atoms with E-state index in [0.717, 1.165) is 11.1 Å². The minimum absolute atomic E-state index is 0.0193. The van der Waals surface area contributed by atoms with Crippen molar-refractivity contribution in [2.45, 2.75) is 43.2 Å². The van der Waals surface area contributed by atoms with Gasteiger partial charge in [-0.3, -0.25) is 14.6 Å². The van der Waals surface area contributed by atoms with Crippen LogP contribution in [0.15, 0.2) is 64.5 Å². The van der Waals surface area contributed by atoms with E-state index in [2.05, 4.69) is 15.0 Å². The Hall–Kier alpha value is -3.44. The van der Waals surface area contributed by atoms with E-state index < -0.39 is 33.9 Å². The van der Waals surface area contributed by atoms with Crippen molar-refractivity contribution in [1.29, 1.82) is 0 Å². The van der Waals surface area contributed by atoms with E-state index in [1.165, 1.54) is 12.1 Å². The second-order valence-corrected chi connectivity index (χ2v) is 9.30. The van der Waals surface area contributed by atoms with Crippen molar-refractivity contribution in [3.63, 3.8) is 0 Å². The summed E-state index contributed by atoms with van der Waals surface area (Å²) in [6, 6.07) is 13.1. The van der Waals surface area contributed by atoms with Gasteiger partial charge in [-0.1, -0.05) is 48.0 Å². The highest BCUT2D eigenvalue weighted by atomic mass is 32.2. The lowest BCUT2D eigenvalue weighted by Crippen LogP contribution is -2.53. The zero-order valence-electron chi connectivity index (χ0n) is 18.4. The molecule has 0 aliphatic heterocycles. The number of primary amides is 1. The monoisotopic (exact) mass is 474 g/mol. The number of nitrogens with zero attached hydrogens (tertiary/aromatic N) is 1. The average Bonchev–Trinajstić information content (AvgIpc) is 2.76. The lowest BCUT2D eigenvalue weighted by molar-refractivity contribution is -0.128. The van der Waals surface area contributed by atoms with E-state index in [-0.39, 0.29) is 30.2 Å². The first-order chi connectivity index (χ1) is 15.6. The molecule has 2 atom stereocenters. The molecule has 0 saturated carbocycles. The van der Waals surface area contributed by atoms with Crippen LogP contribution in [-0.4, -0.2) is 44.8 Å². The van der Waals surface area contributed by atoms with Gasteiger partial charge < -0.3 is 22.5 Å². The maximum absolute atomic E-state index is 13.0. The number of hydrogen-bond donors (Lipinski definition) is 5. The van der Waals surface area contributed by atoms with Gasteiger partial charge in [0.15, 0.2) is 5.96 Å². The molecule has 0 aromatic heterocycles. The van der Waals surface area contributed by atoms with E-state index in [4.69, 9.17) is 17.2 Å². The molecule has 10 nitrogen and oxygen atoms in total. The molecule has 2 aromatic carbocycles. The summed E-state index contributed by atoms with van der Waals surface area (Å²) in [5.41, 5.74) is 17.8. The summed E-state index contributed by atoms with van der Waals surface area (Å²) in [6.07, 6.45) is 0.601. The Morgan fingerprint density at radius 1 is 0.970 bits per heavy atom. The zero-order chi connectivity index (χ0) is 24.4. The predicted octanol–water partition coefficient (Wildman–Crippen LogP) is -0.0917. The number of nitrogens with one attached hydrogen (secondary N) is 2. The van der Waals surface area contributed by atoms with Gasteiger partial charge in [0.05, 0.1) is 4.90 Å². The number of guanidine groups is 1. The number of aryl methyl sites for hydroxylation is 1. The third-order valence-corrected chi connectivity index (χ3v) is 6.32. The van der Waals surface area contributed by atoms with E-state index in [1.807, 2.05) is 13.0 Å². The average molecular weight is 475 g/mol. The highest BCUT2D eigenvalue weighted by Crippen LogP contribution is 2.13. The molecular weight excluding hydrogens is 444 g/mol. The van der Waals surface area contributed by atoms with Crippen LogP contribution in [0, 0.1) is 6.92 Å². The molecular formula is C22H30N6O4S. The Labute approximate surface area is 193 Å². The third kappa shape index (κ3) is 8.54. The number of amides is 2. The number of nitrogens with two attached hydrogens (primary N) is 3. The van der Waals surface area contributed by atoms with Gasteiger partial charge in [-0.15, -0.1) is 0 Å². The molecule has 8 N–H and O–H groups in total. The fraction of sp³-hybridized carbons (Fsp3) is 0.318. The van der Waals surface area contributed by atoms with Gasteiger partial charge in [0.25, 0.3) is 0 Å². The van der Waals surface area contributed by atoms with E-state index >= 15 is 0 Å². The third-order valence-electron chi connectivity index (χ3n) is 4.83. The number of hydrogen-bond acceptors (Lipinski definition) is 5. The SMILES string of the molecule is Cc1ccc(S(=O)(=O)NC(CCCN=C(N)N)C(=O)N[C@@H](Cc2ccccc2)C(N)=O)cc1. The number of carbonyl (C=O) groups is 2. The number of rotatable bonds is 12. The molecule has 0 heterocycles. The number of aliphatic imine (C=N–C) groups is 1. The van der Waals surface area contributed by atoms with Gasteiger partial charge in [0.1, 0.15) is 12.1 Å². The van der Waals surface area contributed by atoms with Crippen LogP contribution in [0.1, 0.15) is 24.0 Å². The van der Waals surface area contributed by atoms with Crippen molar-refractivity contribution in [3.8, 4) is 0 Å². The minimum atomic E-state index is -4.00. The molecule has 0 radical (unpaired) electrons. The first-order valence-electron chi connectivity index (χ1n) is 10.4. The predicted molar refractivity (Wildman–Crippen MR) is 126 cm³/mol. The second-order valence-electron chi connectivity index (χ2n) is 7.59. The Kier molecular flexibility index (Phi) is 9.37. The van der Waals surface area contributed by atoms with Gasteiger partial charge in [-0.2, -0.15) is 4.72 Å². The lowest BCUT2D eigenvalue weighted by Gasteiger charge is -2.22. The van der Waals surface area contributed by atoms with E-state index in [0.29, 0.717) is 6.42 Å². The summed E-state index contributed by atoms with van der Waals surface area (Å²) >= 11 is 0. The smallest absolute Gasteiger partial charge is 0.241 e.